The third kappa shape index (κ3) is 4.05. The zero-order valence-electron chi connectivity index (χ0n) is 17.1. The number of hydrogen-bond donors (Lipinski definition) is 1. The standard InChI is InChI=1S/C21H22F3N3O3/c1-11-6-17(30-4)12(2)5-16(11)25-18-9-19(28)26(3)21(29)27(18)10-13-7-14(22)20(24)15(23)8-13/h5-8,18,25H,9-10H2,1-4H3. The van der Waals surface area contributed by atoms with Crippen LogP contribution in [0.4, 0.5) is 23.7 Å². The molecule has 3 amide bonds. The van der Waals surface area contributed by atoms with Gasteiger partial charge in [-0.2, -0.15) is 0 Å². The molecule has 30 heavy (non-hydrogen) atoms. The van der Waals surface area contributed by atoms with E-state index in [1.165, 1.54) is 11.9 Å². The van der Waals surface area contributed by atoms with Crippen molar-refractivity contribution in [3.63, 3.8) is 0 Å². The number of halogens is 3. The third-order valence-electron chi connectivity index (χ3n) is 5.11. The smallest absolute Gasteiger partial charge is 0.328 e. The Hall–Kier alpha value is -3.23. The van der Waals surface area contributed by atoms with E-state index in [1.807, 2.05) is 26.0 Å². The van der Waals surface area contributed by atoms with Gasteiger partial charge in [0.15, 0.2) is 17.5 Å². The number of ether oxygens (including phenoxy) is 1. The second-order valence-electron chi connectivity index (χ2n) is 7.24. The highest BCUT2D eigenvalue weighted by molar-refractivity contribution is 5.97. The van der Waals surface area contributed by atoms with Gasteiger partial charge in [0.2, 0.25) is 5.91 Å². The summed E-state index contributed by atoms with van der Waals surface area (Å²) in [4.78, 5) is 27.2. The molecule has 0 aromatic heterocycles. The zero-order chi connectivity index (χ0) is 22.2. The summed E-state index contributed by atoms with van der Waals surface area (Å²) in [7, 11) is 2.90. The van der Waals surface area contributed by atoms with Crippen LogP contribution in [0.5, 0.6) is 5.75 Å². The molecule has 1 saturated heterocycles. The molecule has 160 valence electrons. The lowest BCUT2D eigenvalue weighted by atomic mass is 10.1. The lowest BCUT2D eigenvalue weighted by Crippen LogP contribution is -2.57. The molecule has 1 aliphatic heterocycles. The number of methoxy groups -OCH3 is 1. The predicted molar refractivity (Wildman–Crippen MR) is 105 cm³/mol. The van der Waals surface area contributed by atoms with Crippen LogP contribution < -0.4 is 10.1 Å². The minimum Gasteiger partial charge on any atom is -0.496 e. The number of benzene rings is 2. The Morgan fingerprint density at radius 2 is 1.70 bits per heavy atom. The normalized spacial score (nSPS) is 16.8. The van der Waals surface area contributed by atoms with Gasteiger partial charge in [0.05, 0.1) is 13.5 Å². The third-order valence-corrected chi connectivity index (χ3v) is 5.11. The van der Waals surface area contributed by atoms with Crippen molar-refractivity contribution in [2.75, 3.05) is 19.5 Å². The summed E-state index contributed by atoms with van der Waals surface area (Å²) in [5.74, 6) is -3.96. The highest BCUT2D eigenvalue weighted by Gasteiger charge is 2.37. The average Bonchev–Trinajstić information content (AvgIpc) is 2.69. The van der Waals surface area contributed by atoms with Crippen LogP contribution in [0, 0.1) is 31.3 Å². The first-order valence-electron chi connectivity index (χ1n) is 9.24. The first-order chi connectivity index (χ1) is 14.1. The van der Waals surface area contributed by atoms with Crippen molar-refractivity contribution in [1.29, 1.82) is 0 Å². The number of hydrogen-bond acceptors (Lipinski definition) is 4. The second kappa shape index (κ2) is 8.25. The van der Waals surface area contributed by atoms with Crippen LogP contribution in [0.15, 0.2) is 24.3 Å². The molecule has 6 nitrogen and oxygen atoms in total. The van der Waals surface area contributed by atoms with Crippen LogP contribution >= 0.6 is 0 Å². The lowest BCUT2D eigenvalue weighted by molar-refractivity contribution is -0.131. The first kappa shape index (κ1) is 21.5. The molecule has 1 unspecified atom stereocenters. The molecular formula is C21H22F3N3O3. The van der Waals surface area contributed by atoms with Gasteiger partial charge in [0, 0.05) is 19.3 Å². The monoisotopic (exact) mass is 421 g/mol. The summed E-state index contributed by atoms with van der Waals surface area (Å²) < 4.78 is 45.8. The fraction of sp³-hybridized carbons (Fsp3) is 0.333. The van der Waals surface area contributed by atoms with Crippen molar-refractivity contribution < 1.29 is 27.5 Å². The van der Waals surface area contributed by atoms with E-state index in [1.54, 1.807) is 7.11 Å². The summed E-state index contributed by atoms with van der Waals surface area (Å²) in [6.07, 6.45) is -0.803. The highest BCUT2D eigenvalue weighted by Crippen LogP contribution is 2.29. The molecule has 0 saturated carbocycles. The number of aryl methyl sites for hydroxylation is 2. The molecular weight excluding hydrogens is 399 g/mol. The van der Waals surface area contributed by atoms with Crippen molar-refractivity contribution in [1.82, 2.24) is 9.80 Å². The van der Waals surface area contributed by atoms with Gasteiger partial charge in [-0.25, -0.2) is 18.0 Å². The van der Waals surface area contributed by atoms with E-state index in [0.717, 1.165) is 28.2 Å². The Morgan fingerprint density at radius 3 is 2.30 bits per heavy atom. The molecule has 3 rings (SSSR count). The van der Waals surface area contributed by atoms with Crippen LogP contribution in [0.2, 0.25) is 0 Å². The largest absolute Gasteiger partial charge is 0.496 e. The topological polar surface area (TPSA) is 61.9 Å². The predicted octanol–water partition coefficient (Wildman–Crippen LogP) is 3.95. The average molecular weight is 421 g/mol. The maximum Gasteiger partial charge on any atom is 0.328 e. The van der Waals surface area contributed by atoms with Gasteiger partial charge < -0.3 is 10.1 Å². The number of nitrogens with one attached hydrogen (secondary N) is 1. The lowest BCUT2D eigenvalue weighted by Gasteiger charge is -2.40. The Morgan fingerprint density at radius 1 is 1.07 bits per heavy atom. The molecule has 1 heterocycles. The zero-order valence-corrected chi connectivity index (χ0v) is 17.1. The van der Waals surface area contributed by atoms with E-state index in [4.69, 9.17) is 4.74 Å². The summed E-state index contributed by atoms with van der Waals surface area (Å²) in [6.45, 7) is 3.49. The van der Waals surface area contributed by atoms with Crippen molar-refractivity contribution in [2.45, 2.75) is 33.0 Å². The quantitative estimate of drug-likeness (QED) is 0.743. The van der Waals surface area contributed by atoms with Crippen molar-refractivity contribution in [3.8, 4) is 5.75 Å². The Balaban J connectivity index is 1.93. The number of imide groups is 1. The van der Waals surface area contributed by atoms with E-state index in [-0.39, 0.29) is 18.5 Å². The Kier molecular flexibility index (Phi) is 5.91. The highest BCUT2D eigenvalue weighted by atomic mass is 19.2. The number of anilines is 1. The van der Waals surface area contributed by atoms with Gasteiger partial charge in [-0.05, 0) is 54.8 Å². The number of carbonyl (C=O) groups excluding carboxylic acids is 2. The molecule has 2 aromatic rings. The van der Waals surface area contributed by atoms with Crippen molar-refractivity contribution >= 4 is 17.6 Å². The molecule has 1 N–H and O–H groups in total. The van der Waals surface area contributed by atoms with Crippen LogP contribution in [0.1, 0.15) is 23.1 Å². The van der Waals surface area contributed by atoms with Crippen LogP contribution in [0.25, 0.3) is 0 Å². The SMILES string of the molecule is COc1cc(C)c(NC2CC(=O)N(C)C(=O)N2Cc2cc(F)c(F)c(F)c2)cc1C. The van der Waals surface area contributed by atoms with E-state index >= 15 is 0 Å². The number of urea groups is 1. The minimum atomic E-state index is -1.57. The molecule has 0 aliphatic carbocycles. The van der Waals surface area contributed by atoms with Gasteiger partial charge in [-0.1, -0.05) is 0 Å². The summed E-state index contributed by atoms with van der Waals surface area (Å²) >= 11 is 0. The first-order valence-corrected chi connectivity index (χ1v) is 9.24. The molecule has 2 aromatic carbocycles. The van der Waals surface area contributed by atoms with Gasteiger partial charge in [0.25, 0.3) is 0 Å². The van der Waals surface area contributed by atoms with E-state index in [9.17, 15) is 22.8 Å². The molecule has 9 heteroatoms. The maximum atomic E-state index is 13.6. The molecule has 1 fully saturated rings. The molecule has 1 atom stereocenters. The second-order valence-corrected chi connectivity index (χ2v) is 7.24. The number of rotatable bonds is 5. The number of nitrogens with zero attached hydrogens (tertiary/aromatic N) is 2. The van der Waals surface area contributed by atoms with Crippen LogP contribution in [-0.2, 0) is 11.3 Å². The fourth-order valence-corrected chi connectivity index (χ4v) is 3.39. The van der Waals surface area contributed by atoms with Gasteiger partial charge in [-0.15, -0.1) is 0 Å². The van der Waals surface area contributed by atoms with E-state index in [0.29, 0.717) is 11.4 Å². The van der Waals surface area contributed by atoms with Crippen LogP contribution in [0.3, 0.4) is 0 Å². The number of carbonyl (C=O) groups is 2. The van der Waals surface area contributed by atoms with Gasteiger partial charge in [0.1, 0.15) is 11.9 Å². The fourth-order valence-electron chi connectivity index (χ4n) is 3.39. The summed E-state index contributed by atoms with van der Waals surface area (Å²) in [6, 6.07) is 4.70. The van der Waals surface area contributed by atoms with Gasteiger partial charge in [-0.3, -0.25) is 14.6 Å². The van der Waals surface area contributed by atoms with E-state index in [2.05, 4.69) is 5.32 Å². The molecule has 0 spiro atoms. The van der Waals surface area contributed by atoms with Crippen LogP contribution in [-0.4, -0.2) is 42.1 Å². The van der Waals surface area contributed by atoms with Gasteiger partial charge >= 0.3 is 6.03 Å². The van der Waals surface area contributed by atoms with Crippen molar-refractivity contribution in [3.05, 3.63) is 58.4 Å². The van der Waals surface area contributed by atoms with Crippen molar-refractivity contribution in [2.24, 2.45) is 0 Å². The van der Waals surface area contributed by atoms with E-state index < -0.39 is 35.6 Å². The Bertz CT molecular complexity index is 989. The molecule has 1 aliphatic rings. The molecule has 0 bridgehead atoms. The summed E-state index contributed by atoms with van der Waals surface area (Å²) in [5, 5.41) is 3.17. The Labute approximate surface area is 172 Å². The summed E-state index contributed by atoms with van der Waals surface area (Å²) in [5.41, 5.74) is 2.43. The minimum absolute atomic E-state index is 0.0427. The molecule has 0 radical (unpaired) electrons. The number of amides is 3. The maximum absolute atomic E-state index is 13.6.